The second-order valence-corrected chi connectivity index (χ2v) is 6.44. The summed E-state index contributed by atoms with van der Waals surface area (Å²) in [5, 5.41) is 4.74. The number of amides is 1. The molecule has 88 valence electrons. The summed E-state index contributed by atoms with van der Waals surface area (Å²) in [5.41, 5.74) is 2.71. The van der Waals surface area contributed by atoms with Crippen LogP contribution in [0.1, 0.15) is 21.6 Å². The molecule has 0 aromatic carbocycles. The van der Waals surface area contributed by atoms with Crippen LogP contribution in [0.4, 0.5) is 0 Å². The minimum Gasteiger partial charge on any atom is -0.348 e. The summed E-state index contributed by atoms with van der Waals surface area (Å²) >= 11 is 3.78. The number of halogens is 1. The summed E-state index contributed by atoms with van der Waals surface area (Å²) in [6.07, 6.45) is 1.78. The Balaban J connectivity index is 1.94. The molecule has 0 atom stereocenters. The lowest BCUT2D eigenvalue weighted by Crippen LogP contribution is -2.22. The van der Waals surface area contributed by atoms with E-state index in [2.05, 4.69) is 32.9 Å². The van der Waals surface area contributed by atoms with Gasteiger partial charge in [-0.05, 0) is 47.2 Å². The molecule has 0 radical (unpaired) electrons. The van der Waals surface area contributed by atoms with E-state index < -0.39 is 0 Å². The van der Waals surface area contributed by atoms with Crippen LogP contribution in [0.15, 0.2) is 29.8 Å². The first-order valence-electron chi connectivity index (χ1n) is 5.09. The average molecular weight is 358 g/mol. The third-order valence-electron chi connectivity index (χ3n) is 2.26. The average Bonchev–Trinajstić information content (AvgIpc) is 2.75. The minimum atomic E-state index is -0.0373. The highest BCUT2D eigenvalue weighted by Crippen LogP contribution is 2.16. The standard InChI is InChI=1S/C12H11IN2OS/c1-8-2-3-9(5-14-8)6-15-12(16)10-4-11(13)17-7-10/h2-5,7H,6H2,1H3,(H,15,16). The monoisotopic (exact) mass is 358 g/mol. The normalized spacial score (nSPS) is 10.2. The van der Waals surface area contributed by atoms with E-state index in [1.165, 1.54) is 0 Å². The summed E-state index contributed by atoms with van der Waals surface area (Å²) in [4.78, 5) is 16.0. The highest BCUT2D eigenvalue weighted by atomic mass is 127. The zero-order valence-electron chi connectivity index (χ0n) is 9.24. The third kappa shape index (κ3) is 3.50. The number of nitrogens with one attached hydrogen (secondary N) is 1. The Labute approximate surface area is 117 Å². The highest BCUT2D eigenvalue weighted by Gasteiger charge is 2.07. The quantitative estimate of drug-likeness (QED) is 0.858. The molecule has 17 heavy (non-hydrogen) atoms. The number of nitrogens with zero attached hydrogens (tertiary/aromatic N) is 1. The SMILES string of the molecule is Cc1ccc(CNC(=O)c2csc(I)c2)cn1. The van der Waals surface area contributed by atoms with Crippen molar-refractivity contribution in [3.63, 3.8) is 0 Å². The van der Waals surface area contributed by atoms with E-state index >= 15 is 0 Å². The molecule has 0 unspecified atom stereocenters. The largest absolute Gasteiger partial charge is 0.348 e. The summed E-state index contributed by atoms with van der Waals surface area (Å²) in [7, 11) is 0. The maximum atomic E-state index is 11.8. The van der Waals surface area contributed by atoms with Gasteiger partial charge in [0, 0.05) is 23.8 Å². The lowest BCUT2D eigenvalue weighted by molar-refractivity contribution is 0.0951. The van der Waals surface area contributed by atoms with Gasteiger partial charge in [0.2, 0.25) is 0 Å². The van der Waals surface area contributed by atoms with Crippen molar-refractivity contribution in [3.8, 4) is 0 Å². The van der Waals surface area contributed by atoms with Crippen molar-refractivity contribution in [2.45, 2.75) is 13.5 Å². The molecule has 5 heteroatoms. The fourth-order valence-corrected chi connectivity index (χ4v) is 2.64. The molecule has 2 rings (SSSR count). The van der Waals surface area contributed by atoms with E-state index in [4.69, 9.17) is 0 Å². The number of thiophene rings is 1. The Hall–Kier alpha value is -0.950. The second kappa shape index (κ2) is 5.59. The van der Waals surface area contributed by atoms with E-state index in [1.54, 1.807) is 17.5 Å². The van der Waals surface area contributed by atoms with Gasteiger partial charge >= 0.3 is 0 Å². The molecule has 0 spiro atoms. The van der Waals surface area contributed by atoms with Crippen molar-refractivity contribution in [1.82, 2.24) is 10.3 Å². The Morgan fingerprint density at radius 3 is 2.94 bits per heavy atom. The third-order valence-corrected chi connectivity index (χ3v) is 4.04. The van der Waals surface area contributed by atoms with Crippen LogP contribution in [0, 0.1) is 9.81 Å². The van der Waals surface area contributed by atoms with Gasteiger partial charge < -0.3 is 5.32 Å². The van der Waals surface area contributed by atoms with Crippen molar-refractivity contribution in [1.29, 1.82) is 0 Å². The van der Waals surface area contributed by atoms with Crippen LogP contribution in [-0.4, -0.2) is 10.9 Å². The first kappa shape index (κ1) is 12.5. The number of aryl methyl sites for hydroxylation is 1. The van der Waals surface area contributed by atoms with Gasteiger partial charge in [0.05, 0.1) is 8.45 Å². The number of rotatable bonds is 3. The van der Waals surface area contributed by atoms with Crippen LogP contribution >= 0.6 is 33.9 Å². The van der Waals surface area contributed by atoms with E-state index in [-0.39, 0.29) is 5.91 Å². The van der Waals surface area contributed by atoms with Crippen molar-refractivity contribution < 1.29 is 4.79 Å². The van der Waals surface area contributed by atoms with Gasteiger partial charge in [-0.15, -0.1) is 11.3 Å². The van der Waals surface area contributed by atoms with E-state index in [0.717, 1.165) is 19.7 Å². The van der Waals surface area contributed by atoms with Crippen molar-refractivity contribution in [2.24, 2.45) is 0 Å². The van der Waals surface area contributed by atoms with Gasteiger partial charge in [0.15, 0.2) is 0 Å². The molecule has 0 saturated carbocycles. The lowest BCUT2D eigenvalue weighted by atomic mass is 10.2. The van der Waals surface area contributed by atoms with Crippen molar-refractivity contribution >= 4 is 39.8 Å². The van der Waals surface area contributed by atoms with Crippen LogP contribution in [0.5, 0.6) is 0 Å². The van der Waals surface area contributed by atoms with Crippen LogP contribution in [0.25, 0.3) is 0 Å². The smallest absolute Gasteiger partial charge is 0.252 e. The van der Waals surface area contributed by atoms with Crippen molar-refractivity contribution in [2.75, 3.05) is 0 Å². The molecular weight excluding hydrogens is 347 g/mol. The molecule has 1 amide bonds. The Kier molecular flexibility index (Phi) is 4.11. The Morgan fingerprint density at radius 1 is 1.53 bits per heavy atom. The predicted octanol–water partition coefficient (Wildman–Crippen LogP) is 2.99. The number of pyridine rings is 1. The maximum absolute atomic E-state index is 11.8. The second-order valence-electron chi connectivity index (χ2n) is 3.63. The van der Waals surface area contributed by atoms with Crippen LogP contribution in [0.3, 0.4) is 0 Å². The molecular formula is C12H11IN2OS. The zero-order chi connectivity index (χ0) is 12.3. The van der Waals surface area contributed by atoms with Gasteiger partial charge in [0.1, 0.15) is 0 Å². The molecule has 0 bridgehead atoms. The molecule has 2 aromatic rings. The summed E-state index contributed by atoms with van der Waals surface area (Å²) in [6.45, 7) is 2.45. The first-order chi connectivity index (χ1) is 8.15. The highest BCUT2D eigenvalue weighted by molar-refractivity contribution is 14.1. The van der Waals surface area contributed by atoms with E-state index in [0.29, 0.717) is 6.54 Å². The first-order valence-corrected chi connectivity index (χ1v) is 7.05. The molecule has 3 nitrogen and oxygen atoms in total. The van der Waals surface area contributed by atoms with Gasteiger partial charge in [-0.25, -0.2) is 0 Å². The lowest BCUT2D eigenvalue weighted by Gasteiger charge is -2.03. The number of carbonyl (C=O) groups excluding carboxylic acids is 1. The van der Waals surface area contributed by atoms with Crippen LogP contribution in [-0.2, 0) is 6.54 Å². The fourth-order valence-electron chi connectivity index (χ4n) is 1.32. The molecule has 0 saturated heterocycles. The summed E-state index contributed by atoms with van der Waals surface area (Å²) in [6, 6.07) is 5.79. The van der Waals surface area contributed by atoms with E-state index in [9.17, 15) is 4.79 Å². The number of aromatic nitrogens is 1. The van der Waals surface area contributed by atoms with Crippen LogP contribution < -0.4 is 5.32 Å². The molecule has 1 N–H and O–H groups in total. The Morgan fingerprint density at radius 2 is 2.35 bits per heavy atom. The van der Waals surface area contributed by atoms with Gasteiger partial charge in [0.25, 0.3) is 5.91 Å². The molecule has 0 aliphatic rings. The predicted molar refractivity (Wildman–Crippen MR) is 77.2 cm³/mol. The van der Waals surface area contributed by atoms with Gasteiger partial charge in [-0.1, -0.05) is 6.07 Å². The number of hydrogen-bond acceptors (Lipinski definition) is 3. The minimum absolute atomic E-state index is 0.0373. The van der Waals surface area contributed by atoms with Gasteiger partial charge in [-0.3, -0.25) is 9.78 Å². The fraction of sp³-hybridized carbons (Fsp3) is 0.167. The van der Waals surface area contributed by atoms with Gasteiger partial charge in [-0.2, -0.15) is 0 Å². The van der Waals surface area contributed by atoms with Crippen LogP contribution in [0.2, 0.25) is 0 Å². The molecule has 0 aliphatic heterocycles. The summed E-state index contributed by atoms with van der Waals surface area (Å²) < 4.78 is 1.12. The molecule has 2 aromatic heterocycles. The zero-order valence-corrected chi connectivity index (χ0v) is 12.2. The molecule has 0 fully saturated rings. The molecule has 2 heterocycles. The number of hydrogen-bond donors (Lipinski definition) is 1. The summed E-state index contributed by atoms with van der Waals surface area (Å²) in [5.74, 6) is -0.0373. The van der Waals surface area contributed by atoms with E-state index in [1.807, 2.05) is 30.5 Å². The number of carbonyl (C=O) groups is 1. The molecule has 0 aliphatic carbocycles. The topological polar surface area (TPSA) is 42.0 Å². The van der Waals surface area contributed by atoms with Crippen molar-refractivity contribution in [3.05, 3.63) is 49.5 Å². The maximum Gasteiger partial charge on any atom is 0.252 e. The Bertz CT molecular complexity index is 522.